The van der Waals surface area contributed by atoms with Crippen molar-refractivity contribution in [2.24, 2.45) is 0 Å². The van der Waals surface area contributed by atoms with Crippen LogP contribution in [0.15, 0.2) is 4.47 Å². The third kappa shape index (κ3) is 1.80. The van der Waals surface area contributed by atoms with E-state index in [1.165, 1.54) is 5.69 Å². The second-order valence-corrected chi connectivity index (χ2v) is 3.78. The molecule has 0 bridgehead atoms. The van der Waals surface area contributed by atoms with Crippen LogP contribution in [0.1, 0.15) is 19.0 Å². The topological polar surface area (TPSA) is 31.9 Å². The molecule has 68 valence electrons. The molecule has 0 fully saturated rings. The van der Waals surface area contributed by atoms with Gasteiger partial charge in [-0.3, -0.25) is 5.10 Å². The Labute approximate surface area is 81.3 Å². The number of nitrogens with one attached hydrogen (secondary N) is 1. The Kier molecular flexibility index (Phi) is 3.14. The highest BCUT2D eigenvalue weighted by atomic mass is 79.9. The number of nitrogens with zero attached hydrogens (tertiary/aromatic N) is 2. The van der Waals surface area contributed by atoms with Crippen LogP contribution in [0.3, 0.4) is 0 Å². The fourth-order valence-electron chi connectivity index (χ4n) is 1.07. The molecule has 0 aliphatic heterocycles. The van der Waals surface area contributed by atoms with E-state index in [1.807, 2.05) is 19.0 Å². The van der Waals surface area contributed by atoms with E-state index in [4.69, 9.17) is 0 Å². The van der Waals surface area contributed by atoms with Crippen LogP contribution in [0.5, 0.6) is 0 Å². The molecule has 0 saturated carbocycles. The standard InChI is InChI=1S/C8H14BrN3/c1-4-5-6-7(9)8(11-10-6)12(2)3/h4-5H2,1-3H3,(H,10,11). The summed E-state index contributed by atoms with van der Waals surface area (Å²) in [4.78, 5) is 1.99. The Balaban J connectivity index is 2.88. The summed E-state index contributed by atoms with van der Waals surface area (Å²) in [5.74, 6) is 0.971. The molecule has 0 saturated heterocycles. The van der Waals surface area contributed by atoms with Gasteiger partial charge < -0.3 is 4.90 Å². The third-order valence-electron chi connectivity index (χ3n) is 1.68. The highest BCUT2D eigenvalue weighted by Gasteiger charge is 2.10. The van der Waals surface area contributed by atoms with Crippen LogP contribution in [0.4, 0.5) is 5.82 Å². The van der Waals surface area contributed by atoms with Crippen LogP contribution in [0.25, 0.3) is 0 Å². The van der Waals surface area contributed by atoms with E-state index in [0.717, 1.165) is 23.1 Å². The van der Waals surface area contributed by atoms with Gasteiger partial charge in [-0.2, -0.15) is 5.10 Å². The van der Waals surface area contributed by atoms with Crippen LogP contribution >= 0.6 is 15.9 Å². The number of anilines is 1. The summed E-state index contributed by atoms with van der Waals surface area (Å²) < 4.78 is 1.09. The number of hydrogen-bond donors (Lipinski definition) is 1. The molecule has 1 heterocycles. The summed E-state index contributed by atoms with van der Waals surface area (Å²) in [6.45, 7) is 2.16. The molecular weight excluding hydrogens is 218 g/mol. The molecule has 0 aliphatic rings. The molecule has 1 N–H and O–H groups in total. The summed E-state index contributed by atoms with van der Waals surface area (Å²) in [6, 6.07) is 0. The van der Waals surface area contributed by atoms with E-state index in [0.29, 0.717) is 0 Å². The first-order valence-corrected chi connectivity index (χ1v) is 4.86. The van der Waals surface area contributed by atoms with E-state index in [1.54, 1.807) is 0 Å². The summed E-state index contributed by atoms with van der Waals surface area (Å²) in [5, 5.41) is 7.21. The zero-order valence-corrected chi connectivity index (χ0v) is 9.27. The summed E-state index contributed by atoms with van der Waals surface area (Å²) in [7, 11) is 3.97. The summed E-state index contributed by atoms with van der Waals surface area (Å²) in [5.41, 5.74) is 1.18. The molecule has 0 atom stereocenters. The van der Waals surface area contributed by atoms with Crippen molar-refractivity contribution < 1.29 is 0 Å². The zero-order valence-electron chi connectivity index (χ0n) is 7.69. The number of H-pyrrole nitrogens is 1. The van der Waals surface area contributed by atoms with E-state index < -0.39 is 0 Å². The minimum absolute atomic E-state index is 0.971. The third-order valence-corrected chi connectivity index (χ3v) is 2.51. The lowest BCUT2D eigenvalue weighted by molar-refractivity contribution is 0.863. The first-order valence-electron chi connectivity index (χ1n) is 4.06. The summed E-state index contributed by atoms with van der Waals surface area (Å²) >= 11 is 3.52. The average molecular weight is 232 g/mol. The van der Waals surface area contributed by atoms with Crippen molar-refractivity contribution >= 4 is 21.7 Å². The van der Waals surface area contributed by atoms with Crippen molar-refractivity contribution in [3.63, 3.8) is 0 Å². The van der Waals surface area contributed by atoms with Crippen molar-refractivity contribution in [1.82, 2.24) is 10.2 Å². The van der Waals surface area contributed by atoms with Gasteiger partial charge in [0.05, 0.1) is 10.2 Å². The molecule has 0 aliphatic carbocycles. The lowest BCUT2D eigenvalue weighted by atomic mass is 10.2. The predicted molar refractivity (Wildman–Crippen MR) is 54.6 cm³/mol. The molecule has 0 unspecified atom stereocenters. The highest BCUT2D eigenvalue weighted by Crippen LogP contribution is 2.26. The van der Waals surface area contributed by atoms with Gasteiger partial charge in [0, 0.05) is 14.1 Å². The largest absolute Gasteiger partial charge is 0.360 e. The molecule has 12 heavy (non-hydrogen) atoms. The highest BCUT2D eigenvalue weighted by molar-refractivity contribution is 9.10. The van der Waals surface area contributed by atoms with Gasteiger partial charge in [-0.25, -0.2) is 0 Å². The van der Waals surface area contributed by atoms with Crippen molar-refractivity contribution in [3.8, 4) is 0 Å². The van der Waals surface area contributed by atoms with Crippen LogP contribution in [0.2, 0.25) is 0 Å². The maximum absolute atomic E-state index is 4.19. The maximum Gasteiger partial charge on any atom is 0.164 e. The van der Waals surface area contributed by atoms with Crippen molar-refractivity contribution in [1.29, 1.82) is 0 Å². The molecule has 3 nitrogen and oxygen atoms in total. The molecule has 4 heteroatoms. The minimum atomic E-state index is 0.971. The van der Waals surface area contributed by atoms with Gasteiger partial charge in [0.25, 0.3) is 0 Å². The van der Waals surface area contributed by atoms with Crippen molar-refractivity contribution in [2.45, 2.75) is 19.8 Å². The van der Waals surface area contributed by atoms with Gasteiger partial charge in [0.2, 0.25) is 0 Å². The SMILES string of the molecule is CCCc1[nH]nc(N(C)C)c1Br. The zero-order chi connectivity index (χ0) is 9.14. The monoisotopic (exact) mass is 231 g/mol. The van der Waals surface area contributed by atoms with Crippen LogP contribution in [-0.2, 0) is 6.42 Å². The number of aryl methyl sites for hydroxylation is 1. The number of hydrogen-bond acceptors (Lipinski definition) is 2. The van der Waals surface area contributed by atoms with Gasteiger partial charge in [-0.05, 0) is 22.4 Å². The number of aromatic nitrogens is 2. The number of aromatic amines is 1. The minimum Gasteiger partial charge on any atom is -0.360 e. The van der Waals surface area contributed by atoms with Crippen LogP contribution < -0.4 is 4.90 Å². The summed E-state index contributed by atoms with van der Waals surface area (Å²) in [6.07, 6.45) is 2.18. The van der Waals surface area contributed by atoms with Crippen molar-refractivity contribution in [3.05, 3.63) is 10.2 Å². The molecule has 0 radical (unpaired) electrons. The average Bonchev–Trinajstić information content (AvgIpc) is 2.34. The normalized spacial score (nSPS) is 10.3. The molecule has 0 amide bonds. The lowest BCUT2D eigenvalue weighted by Gasteiger charge is -2.07. The number of rotatable bonds is 3. The Morgan fingerprint density at radius 2 is 2.17 bits per heavy atom. The van der Waals surface area contributed by atoms with E-state index in [9.17, 15) is 0 Å². The Bertz CT molecular complexity index is 255. The first kappa shape index (κ1) is 9.58. The quantitative estimate of drug-likeness (QED) is 0.866. The number of halogens is 1. The van der Waals surface area contributed by atoms with Gasteiger partial charge in [0.15, 0.2) is 5.82 Å². The second kappa shape index (κ2) is 3.94. The smallest absolute Gasteiger partial charge is 0.164 e. The second-order valence-electron chi connectivity index (χ2n) is 2.98. The first-order chi connectivity index (χ1) is 5.66. The van der Waals surface area contributed by atoms with Crippen LogP contribution in [0, 0.1) is 0 Å². The molecule has 1 aromatic heterocycles. The Hall–Kier alpha value is -0.510. The molecule has 1 aromatic rings. The fourth-order valence-corrected chi connectivity index (χ4v) is 1.80. The van der Waals surface area contributed by atoms with E-state index >= 15 is 0 Å². The lowest BCUT2D eigenvalue weighted by Crippen LogP contribution is -2.09. The van der Waals surface area contributed by atoms with Gasteiger partial charge >= 0.3 is 0 Å². The van der Waals surface area contributed by atoms with Gasteiger partial charge in [-0.1, -0.05) is 13.3 Å². The molecular formula is C8H14BrN3. The Morgan fingerprint density at radius 3 is 2.58 bits per heavy atom. The predicted octanol–water partition coefficient (Wildman–Crippen LogP) is 2.19. The molecule has 0 spiro atoms. The molecule has 0 aromatic carbocycles. The maximum atomic E-state index is 4.19. The van der Waals surface area contributed by atoms with Gasteiger partial charge in [-0.15, -0.1) is 0 Å². The van der Waals surface area contributed by atoms with Gasteiger partial charge in [0.1, 0.15) is 0 Å². The van der Waals surface area contributed by atoms with Crippen LogP contribution in [-0.4, -0.2) is 24.3 Å². The van der Waals surface area contributed by atoms with E-state index in [2.05, 4.69) is 33.1 Å². The Morgan fingerprint density at radius 1 is 1.50 bits per heavy atom. The fraction of sp³-hybridized carbons (Fsp3) is 0.625. The van der Waals surface area contributed by atoms with E-state index in [-0.39, 0.29) is 0 Å². The molecule has 1 rings (SSSR count). The van der Waals surface area contributed by atoms with Crippen molar-refractivity contribution in [2.75, 3.05) is 19.0 Å².